The highest BCUT2D eigenvalue weighted by Crippen LogP contribution is 2.34. The van der Waals surface area contributed by atoms with Crippen LogP contribution in [0.2, 0.25) is 0 Å². The van der Waals surface area contributed by atoms with Gasteiger partial charge in [0.1, 0.15) is 0 Å². The van der Waals surface area contributed by atoms with Crippen molar-refractivity contribution in [3.8, 4) is 0 Å². The maximum atomic E-state index is 13.0. The van der Waals surface area contributed by atoms with Gasteiger partial charge in [-0.2, -0.15) is 13.2 Å². The number of unbranched alkanes of at least 4 members (excludes halogenated alkanes) is 1. The minimum absolute atomic E-state index is 0.135. The van der Waals surface area contributed by atoms with E-state index in [1.54, 1.807) is 0 Å². The van der Waals surface area contributed by atoms with Crippen LogP contribution in [0.15, 0.2) is 24.3 Å². The van der Waals surface area contributed by atoms with E-state index in [0.717, 1.165) is 48.6 Å². The van der Waals surface area contributed by atoms with Gasteiger partial charge >= 0.3 is 6.18 Å². The van der Waals surface area contributed by atoms with E-state index in [-0.39, 0.29) is 12.2 Å². The molecule has 0 atom stereocenters. The van der Waals surface area contributed by atoms with Crippen molar-refractivity contribution in [2.24, 2.45) is 0 Å². The van der Waals surface area contributed by atoms with Crippen molar-refractivity contribution in [1.82, 2.24) is 10.2 Å². The smallest absolute Gasteiger partial charge is 0.363 e. The number of quaternary nitrogens is 1. The summed E-state index contributed by atoms with van der Waals surface area (Å²) in [5.74, 6) is -0.418. The Balaban J connectivity index is 1.81. The molecule has 1 aliphatic heterocycles. The quantitative estimate of drug-likeness (QED) is 0.498. The zero-order valence-electron chi connectivity index (χ0n) is 15.4. The number of thiocarbonyl (C=S) groups is 1. The van der Waals surface area contributed by atoms with E-state index in [1.807, 2.05) is 0 Å². The third-order valence-corrected chi connectivity index (χ3v) is 4.88. The summed E-state index contributed by atoms with van der Waals surface area (Å²) in [6.45, 7) is 5.97. The highest BCUT2D eigenvalue weighted by atomic mass is 32.1. The third-order valence-electron chi connectivity index (χ3n) is 4.48. The predicted molar refractivity (Wildman–Crippen MR) is 103 cm³/mol. The van der Waals surface area contributed by atoms with Gasteiger partial charge in [0.25, 0.3) is 5.91 Å². The number of piperazine rings is 1. The maximum Gasteiger partial charge on any atom is 0.418 e. The number of halogens is 3. The Bertz CT molecular complexity index is 646. The van der Waals surface area contributed by atoms with E-state index in [1.165, 1.54) is 18.2 Å². The molecule has 1 heterocycles. The number of anilines is 1. The molecule has 27 heavy (non-hydrogen) atoms. The van der Waals surface area contributed by atoms with E-state index < -0.39 is 17.6 Å². The molecule has 1 aliphatic rings. The second kappa shape index (κ2) is 9.89. The average molecular weight is 403 g/mol. The second-order valence-corrected chi connectivity index (χ2v) is 6.98. The summed E-state index contributed by atoms with van der Waals surface area (Å²) in [6, 6.07) is 5.02. The number of nitrogens with one attached hydrogen (secondary N) is 3. The summed E-state index contributed by atoms with van der Waals surface area (Å²) < 4.78 is 39.0. The van der Waals surface area contributed by atoms with E-state index in [0.29, 0.717) is 13.1 Å². The Kier molecular flexibility index (Phi) is 7.85. The van der Waals surface area contributed by atoms with E-state index in [2.05, 4.69) is 22.5 Å². The van der Waals surface area contributed by atoms with Gasteiger partial charge in [0.15, 0.2) is 11.7 Å². The molecule has 0 aromatic heterocycles. The first-order valence-corrected chi connectivity index (χ1v) is 9.54. The van der Waals surface area contributed by atoms with E-state index in [4.69, 9.17) is 12.2 Å². The molecule has 2 rings (SSSR count). The summed E-state index contributed by atoms with van der Waals surface area (Å²) in [4.78, 5) is 15.3. The van der Waals surface area contributed by atoms with Gasteiger partial charge in [-0.1, -0.05) is 25.5 Å². The highest BCUT2D eigenvalue weighted by molar-refractivity contribution is 7.80. The molecule has 9 heteroatoms. The number of carbonyl (C=O) groups is 1. The number of benzene rings is 1. The fourth-order valence-electron chi connectivity index (χ4n) is 2.95. The van der Waals surface area contributed by atoms with Gasteiger partial charge in [-0.15, -0.1) is 0 Å². The normalized spacial score (nSPS) is 15.5. The highest BCUT2D eigenvalue weighted by Gasteiger charge is 2.34. The maximum absolute atomic E-state index is 13.0. The molecule has 0 bridgehead atoms. The van der Waals surface area contributed by atoms with Crippen LogP contribution in [0.5, 0.6) is 0 Å². The Morgan fingerprint density at radius 3 is 2.56 bits per heavy atom. The largest absolute Gasteiger partial charge is 0.418 e. The summed E-state index contributed by atoms with van der Waals surface area (Å²) in [7, 11) is 0. The lowest BCUT2D eigenvalue weighted by Gasteiger charge is -2.33. The van der Waals surface area contributed by atoms with Crippen LogP contribution < -0.4 is 15.5 Å². The fourth-order valence-corrected chi connectivity index (χ4v) is 3.23. The minimum Gasteiger partial charge on any atom is -0.363 e. The Labute approximate surface area is 162 Å². The van der Waals surface area contributed by atoms with Gasteiger partial charge in [-0.25, -0.2) is 0 Å². The molecule has 0 saturated carbocycles. The lowest BCUT2D eigenvalue weighted by molar-refractivity contribution is -0.895. The SMILES string of the molecule is CCCCNC(=S)N1CC[NH+](CC(=O)Nc2ccccc2C(F)(F)F)CC1. The van der Waals surface area contributed by atoms with Crippen LogP contribution in [0.3, 0.4) is 0 Å². The van der Waals surface area contributed by atoms with E-state index >= 15 is 0 Å². The van der Waals surface area contributed by atoms with Crippen LogP contribution in [-0.2, 0) is 11.0 Å². The molecule has 0 aliphatic carbocycles. The summed E-state index contributed by atoms with van der Waals surface area (Å²) in [5.41, 5.74) is -1.03. The number of hydrogen-bond acceptors (Lipinski definition) is 2. The van der Waals surface area contributed by atoms with Gasteiger partial charge in [0.05, 0.1) is 37.4 Å². The molecule has 1 amide bonds. The van der Waals surface area contributed by atoms with Gasteiger partial charge in [0, 0.05) is 6.54 Å². The van der Waals surface area contributed by atoms with Gasteiger partial charge < -0.3 is 20.4 Å². The van der Waals surface area contributed by atoms with Crippen molar-refractivity contribution >= 4 is 28.9 Å². The van der Waals surface area contributed by atoms with Crippen molar-refractivity contribution in [2.75, 3.05) is 44.6 Å². The Hall–Kier alpha value is -1.87. The third kappa shape index (κ3) is 6.66. The molecule has 150 valence electrons. The van der Waals surface area contributed by atoms with Gasteiger partial charge in [0.2, 0.25) is 0 Å². The first kappa shape index (κ1) is 21.4. The molecule has 1 fully saturated rings. The van der Waals surface area contributed by atoms with Crippen LogP contribution in [0.1, 0.15) is 25.3 Å². The topological polar surface area (TPSA) is 48.8 Å². The summed E-state index contributed by atoms with van der Waals surface area (Å²) >= 11 is 5.37. The second-order valence-electron chi connectivity index (χ2n) is 6.59. The molecular formula is C18H26F3N4OS+. The molecule has 1 aromatic rings. The number of hydrogen-bond donors (Lipinski definition) is 3. The van der Waals surface area contributed by atoms with Crippen molar-refractivity contribution < 1.29 is 22.9 Å². The fraction of sp³-hybridized carbons (Fsp3) is 0.556. The summed E-state index contributed by atoms with van der Waals surface area (Å²) in [6.07, 6.45) is -2.34. The number of para-hydroxylation sites is 1. The summed E-state index contributed by atoms with van der Waals surface area (Å²) in [5, 5.41) is 6.35. The van der Waals surface area contributed by atoms with E-state index in [9.17, 15) is 18.0 Å². The number of amides is 1. The van der Waals surface area contributed by atoms with Crippen molar-refractivity contribution in [3.63, 3.8) is 0 Å². The number of alkyl halides is 3. The van der Waals surface area contributed by atoms with Crippen LogP contribution in [0, 0.1) is 0 Å². The lowest BCUT2D eigenvalue weighted by atomic mass is 10.1. The average Bonchev–Trinajstić information content (AvgIpc) is 2.62. The van der Waals surface area contributed by atoms with Crippen molar-refractivity contribution in [1.29, 1.82) is 0 Å². The van der Waals surface area contributed by atoms with Crippen LogP contribution in [0.25, 0.3) is 0 Å². The minimum atomic E-state index is -4.50. The monoisotopic (exact) mass is 403 g/mol. The van der Waals surface area contributed by atoms with Crippen LogP contribution in [-0.4, -0.2) is 55.2 Å². The number of carbonyl (C=O) groups excluding carboxylic acids is 1. The molecule has 3 N–H and O–H groups in total. The van der Waals surface area contributed by atoms with Crippen LogP contribution in [0.4, 0.5) is 18.9 Å². The predicted octanol–water partition coefficient (Wildman–Crippen LogP) is 1.52. The lowest BCUT2D eigenvalue weighted by Crippen LogP contribution is -3.15. The number of rotatable bonds is 6. The zero-order chi connectivity index (χ0) is 19.9. The molecule has 0 spiro atoms. The number of nitrogens with zero attached hydrogens (tertiary/aromatic N) is 1. The molecule has 1 saturated heterocycles. The standard InChI is InChI=1S/C18H25F3N4OS/c1-2-3-8-22-17(27)25-11-9-24(10-12-25)13-16(26)23-15-7-5-4-6-14(15)18(19,20)21/h4-7H,2-3,8-13H2,1H3,(H,22,27)(H,23,26)/p+1. The Morgan fingerprint density at radius 1 is 1.26 bits per heavy atom. The van der Waals surface area contributed by atoms with Gasteiger partial charge in [-0.05, 0) is 30.8 Å². The van der Waals surface area contributed by atoms with Crippen LogP contribution >= 0.6 is 12.2 Å². The van der Waals surface area contributed by atoms with Crippen molar-refractivity contribution in [2.45, 2.75) is 25.9 Å². The zero-order valence-corrected chi connectivity index (χ0v) is 16.2. The molecular weight excluding hydrogens is 377 g/mol. The Morgan fingerprint density at radius 2 is 1.93 bits per heavy atom. The molecule has 0 radical (unpaired) electrons. The van der Waals surface area contributed by atoms with Gasteiger partial charge in [-0.3, -0.25) is 4.79 Å². The molecule has 5 nitrogen and oxygen atoms in total. The first-order valence-electron chi connectivity index (χ1n) is 9.13. The first-order chi connectivity index (χ1) is 12.8. The molecule has 1 aromatic carbocycles. The molecule has 0 unspecified atom stereocenters. The van der Waals surface area contributed by atoms with Crippen molar-refractivity contribution in [3.05, 3.63) is 29.8 Å².